The molecule has 1 amide bonds. The monoisotopic (exact) mass is 464 g/mol. The molecule has 0 aromatic heterocycles. The normalized spacial score (nSPS) is 10.2. The smallest absolute Gasteiger partial charge is 0.339 e. The van der Waals surface area contributed by atoms with Gasteiger partial charge in [0.2, 0.25) is 0 Å². The number of nitrogens with zero attached hydrogens (tertiary/aromatic N) is 1. The fourth-order valence-corrected chi connectivity index (χ4v) is 3.05. The Kier molecular flexibility index (Phi) is 7.55. The first-order valence-electron chi connectivity index (χ1n) is 9.91. The van der Waals surface area contributed by atoms with Crippen molar-refractivity contribution in [1.82, 2.24) is 0 Å². The van der Waals surface area contributed by atoms with E-state index in [4.69, 9.17) is 14.2 Å². The highest BCUT2D eigenvalue weighted by Gasteiger charge is 2.21. The number of nitro groups is 1. The third kappa shape index (κ3) is 5.54. The van der Waals surface area contributed by atoms with Crippen LogP contribution >= 0.6 is 0 Å². The number of carbonyl (C=O) groups is 3. The number of nitro benzene ring substituents is 1. The number of methoxy groups -OCH3 is 2. The van der Waals surface area contributed by atoms with Crippen molar-refractivity contribution in [3.8, 4) is 11.5 Å². The van der Waals surface area contributed by atoms with Crippen molar-refractivity contribution in [2.45, 2.75) is 0 Å². The summed E-state index contributed by atoms with van der Waals surface area (Å²) in [5.41, 5.74) is -0.0505. The van der Waals surface area contributed by atoms with E-state index < -0.39 is 29.2 Å². The number of hydrogen-bond donors (Lipinski definition) is 1. The molecule has 1 N–H and O–H groups in total. The maximum Gasteiger partial charge on any atom is 0.339 e. The molecule has 0 heterocycles. The minimum Gasteiger partial charge on any atom is -0.497 e. The lowest BCUT2D eigenvalue weighted by Crippen LogP contribution is -2.22. The fraction of sp³-hybridized carbons (Fsp3) is 0.125. The van der Waals surface area contributed by atoms with Crippen LogP contribution in [0, 0.1) is 10.1 Å². The standard InChI is InChI=1S/C24H20N2O8/c1-32-16-9-7-15(8-10-16)23(28)18-5-3-4-6-19(18)24(29)34-14-22(27)25-20-13-17(33-2)11-12-21(20)26(30)31/h3-13H,14H2,1-2H3,(H,25,27). The maximum atomic E-state index is 12.9. The zero-order valence-corrected chi connectivity index (χ0v) is 18.3. The summed E-state index contributed by atoms with van der Waals surface area (Å²) < 4.78 is 15.2. The quantitative estimate of drug-likeness (QED) is 0.220. The van der Waals surface area contributed by atoms with E-state index in [1.54, 1.807) is 36.4 Å². The first-order chi connectivity index (χ1) is 16.3. The van der Waals surface area contributed by atoms with Crippen molar-refractivity contribution in [2.24, 2.45) is 0 Å². The van der Waals surface area contributed by atoms with Crippen LogP contribution in [0.3, 0.4) is 0 Å². The van der Waals surface area contributed by atoms with Gasteiger partial charge in [-0.3, -0.25) is 19.7 Å². The summed E-state index contributed by atoms with van der Waals surface area (Å²) in [7, 11) is 2.88. The molecule has 0 saturated heterocycles. The first-order valence-corrected chi connectivity index (χ1v) is 9.91. The van der Waals surface area contributed by atoms with E-state index in [1.807, 2.05) is 0 Å². The Morgan fingerprint density at radius 3 is 2.12 bits per heavy atom. The SMILES string of the molecule is COc1ccc(C(=O)c2ccccc2C(=O)OCC(=O)Nc2cc(OC)ccc2[N+](=O)[O-])cc1. The van der Waals surface area contributed by atoms with E-state index in [2.05, 4.69) is 5.32 Å². The molecular weight excluding hydrogens is 444 g/mol. The van der Waals surface area contributed by atoms with Gasteiger partial charge in [-0.1, -0.05) is 18.2 Å². The van der Waals surface area contributed by atoms with Gasteiger partial charge in [-0.15, -0.1) is 0 Å². The summed E-state index contributed by atoms with van der Waals surface area (Å²) in [4.78, 5) is 48.4. The van der Waals surface area contributed by atoms with Crippen LogP contribution in [0.1, 0.15) is 26.3 Å². The van der Waals surface area contributed by atoms with Gasteiger partial charge in [-0.05, 0) is 36.4 Å². The second-order valence-electron chi connectivity index (χ2n) is 6.87. The highest BCUT2D eigenvalue weighted by molar-refractivity contribution is 6.14. The predicted octanol–water partition coefficient (Wildman–Crippen LogP) is 3.64. The number of ether oxygens (including phenoxy) is 3. The number of benzene rings is 3. The minimum atomic E-state index is -0.896. The molecule has 3 aromatic carbocycles. The largest absolute Gasteiger partial charge is 0.497 e. The molecule has 3 rings (SSSR count). The lowest BCUT2D eigenvalue weighted by molar-refractivity contribution is -0.383. The molecule has 3 aromatic rings. The number of nitrogens with one attached hydrogen (secondary N) is 1. The summed E-state index contributed by atoms with van der Waals surface area (Å²) in [5.74, 6) is -1.24. The Balaban J connectivity index is 1.72. The van der Waals surface area contributed by atoms with Gasteiger partial charge in [0, 0.05) is 23.3 Å². The van der Waals surface area contributed by atoms with Gasteiger partial charge < -0.3 is 19.5 Å². The van der Waals surface area contributed by atoms with Crippen molar-refractivity contribution in [3.63, 3.8) is 0 Å². The van der Waals surface area contributed by atoms with Crippen LogP contribution in [0.2, 0.25) is 0 Å². The first kappa shape index (κ1) is 23.9. The van der Waals surface area contributed by atoms with Crippen molar-refractivity contribution in [1.29, 1.82) is 0 Å². The Morgan fingerprint density at radius 1 is 0.882 bits per heavy atom. The molecule has 0 aliphatic rings. The van der Waals surface area contributed by atoms with Crippen LogP contribution in [0.4, 0.5) is 11.4 Å². The summed E-state index contributed by atoms with van der Waals surface area (Å²) in [6.07, 6.45) is 0. The molecule has 0 radical (unpaired) electrons. The fourth-order valence-electron chi connectivity index (χ4n) is 3.05. The van der Waals surface area contributed by atoms with Gasteiger partial charge in [0.15, 0.2) is 12.4 Å². The van der Waals surface area contributed by atoms with E-state index in [-0.39, 0.29) is 22.5 Å². The molecule has 0 aliphatic carbocycles. The van der Waals surface area contributed by atoms with E-state index in [0.717, 1.165) is 0 Å². The zero-order chi connectivity index (χ0) is 24.7. The molecule has 0 fully saturated rings. The van der Waals surface area contributed by atoms with Crippen LogP contribution in [0.25, 0.3) is 0 Å². The van der Waals surface area contributed by atoms with Crippen LogP contribution in [-0.4, -0.2) is 43.4 Å². The molecule has 0 unspecified atom stereocenters. The Morgan fingerprint density at radius 2 is 1.50 bits per heavy atom. The van der Waals surface area contributed by atoms with Gasteiger partial charge in [-0.25, -0.2) is 4.79 Å². The molecular formula is C24H20N2O8. The number of carbonyl (C=O) groups excluding carboxylic acids is 3. The number of ketones is 1. The maximum absolute atomic E-state index is 12.9. The summed E-state index contributed by atoms with van der Waals surface area (Å²) in [5, 5.41) is 13.5. The molecule has 174 valence electrons. The van der Waals surface area contributed by atoms with E-state index in [0.29, 0.717) is 17.1 Å². The lowest BCUT2D eigenvalue weighted by atomic mass is 9.98. The van der Waals surface area contributed by atoms with Crippen molar-refractivity contribution >= 4 is 29.0 Å². The van der Waals surface area contributed by atoms with Crippen LogP contribution < -0.4 is 14.8 Å². The van der Waals surface area contributed by atoms with E-state index >= 15 is 0 Å². The Bertz CT molecular complexity index is 1240. The lowest BCUT2D eigenvalue weighted by Gasteiger charge is -2.10. The predicted molar refractivity (Wildman–Crippen MR) is 121 cm³/mol. The van der Waals surface area contributed by atoms with Gasteiger partial charge in [-0.2, -0.15) is 0 Å². The molecule has 34 heavy (non-hydrogen) atoms. The Labute approximate surface area is 194 Å². The third-order valence-corrected chi connectivity index (χ3v) is 4.75. The minimum absolute atomic E-state index is 0.0246. The molecule has 10 nitrogen and oxygen atoms in total. The molecule has 10 heteroatoms. The number of rotatable bonds is 9. The highest BCUT2D eigenvalue weighted by Crippen LogP contribution is 2.28. The van der Waals surface area contributed by atoms with Gasteiger partial charge in [0.1, 0.15) is 17.2 Å². The average molecular weight is 464 g/mol. The van der Waals surface area contributed by atoms with Crippen LogP contribution in [0.15, 0.2) is 66.7 Å². The van der Waals surface area contributed by atoms with E-state index in [9.17, 15) is 24.5 Å². The average Bonchev–Trinajstić information content (AvgIpc) is 2.86. The van der Waals surface area contributed by atoms with Crippen LogP contribution in [0.5, 0.6) is 11.5 Å². The summed E-state index contributed by atoms with van der Waals surface area (Å²) in [6.45, 7) is -0.724. The Hall–Kier alpha value is -4.73. The molecule has 0 saturated carbocycles. The third-order valence-electron chi connectivity index (χ3n) is 4.75. The number of amides is 1. The second-order valence-corrected chi connectivity index (χ2v) is 6.87. The second kappa shape index (κ2) is 10.7. The van der Waals surface area contributed by atoms with Gasteiger partial charge in [0.05, 0.1) is 24.7 Å². The van der Waals surface area contributed by atoms with Gasteiger partial charge >= 0.3 is 5.97 Å². The number of hydrogen-bond acceptors (Lipinski definition) is 8. The van der Waals surface area contributed by atoms with Crippen molar-refractivity contribution in [2.75, 3.05) is 26.1 Å². The molecule has 0 aliphatic heterocycles. The molecule has 0 spiro atoms. The zero-order valence-electron chi connectivity index (χ0n) is 18.3. The van der Waals surface area contributed by atoms with Crippen LogP contribution in [-0.2, 0) is 9.53 Å². The van der Waals surface area contributed by atoms with E-state index in [1.165, 1.54) is 44.6 Å². The van der Waals surface area contributed by atoms with Gasteiger partial charge in [0.25, 0.3) is 11.6 Å². The summed E-state index contributed by atoms with van der Waals surface area (Å²) in [6, 6.07) is 16.3. The number of anilines is 1. The highest BCUT2D eigenvalue weighted by atomic mass is 16.6. The van der Waals surface area contributed by atoms with Crippen molar-refractivity contribution < 1.29 is 33.5 Å². The molecule has 0 atom stereocenters. The molecule has 0 bridgehead atoms. The van der Waals surface area contributed by atoms with Crippen molar-refractivity contribution in [3.05, 3.63) is 93.5 Å². The topological polar surface area (TPSA) is 134 Å². The number of esters is 1. The summed E-state index contributed by atoms with van der Waals surface area (Å²) >= 11 is 0.